The molecule has 2 unspecified atom stereocenters. The fraction of sp³-hybridized carbons (Fsp3) is 0.877. The second-order valence-corrected chi connectivity index (χ2v) is 21.7. The molecule has 71 heavy (non-hydrogen) atoms. The lowest BCUT2D eigenvalue weighted by atomic mass is 10.0. The lowest BCUT2D eigenvalue weighted by Gasteiger charge is -2.19. The number of hydrogen-bond donors (Lipinski definition) is 3. The summed E-state index contributed by atoms with van der Waals surface area (Å²) in [6.07, 6.45) is 76.3. The molecule has 0 heterocycles. The molecule has 2 atom stereocenters. The Morgan fingerprint density at radius 1 is 0.394 bits per heavy atom. The Kier molecular flexibility index (Phi) is 59.0. The third kappa shape index (κ3) is 57.2. The molecule has 1 amide bonds. The van der Waals surface area contributed by atoms with E-state index in [1.807, 2.05) is 12.2 Å². The minimum Gasteiger partial charge on any atom is -0.466 e. The summed E-state index contributed by atoms with van der Waals surface area (Å²) in [6.45, 7) is 4.87. The van der Waals surface area contributed by atoms with Gasteiger partial charge >= 0.3 is 5.97 Å². The summed E-state index contributed by atoms with van der Waals surface area (Å²) >= 11 is 0. The number of carbonyl (C=O) groups is 2. The number of nitrogens with one attached hydrogen (secondary N) is 1. The number of aliphatic hydroxyl groups excluding tert-OH is 2. The quantitative estimate of drug-likeness (QED) is 0.0321. The van der Waals surface area contributed by atoms with Crippen molar-refractivity contribution in [3.05, 3.63) is 36.5 Å². The number of hydrogen-bond acceptors (Lipinski definition) is 5. The number of amides is 1. The molecule has 0 saturated carbocycles. The van der Waals surface area contributed by atoms with E-state index < -0.39 is 12.1 Å². The molecule has 0 aromatic carbocycles. The molecule has 0 aliphatic heterocycles. The van der Waals surface area contributed by atoms with E-state index in [1.54, 1.807) is 6.08 Å². The average molecular weight is 999 g/mol. The SMILES string of the molecule is CCCCCCCCCCCCCCCCCCCCCC/C=C/C(O)C(CO)NC(=O)CC/C=C\C/C=C\CCCCCCCCOC(=O)CCCCCCCCCCCCCCCCCCCCC. The highest BCUT2D eigenvalue weighted by Crippen LogP contribution is 2.18. The lowest BCUT2D eigenvalue weighted by molar-refractivity contribution is -0.143. The van der Waals surface area contributed by atoms with Gasteiger partial charge in [0.05, 0.1) is 25.4 Å². The van der Waals surface area contributed by atoms with E-state index >= 15 is 0 Å². The molecule has 6 nitrogen and oxygen atoms in total. The first-order valence-corrected chi connectivity index (χ1v) is 31.8. The van der Waals surface area contributed by atoms with Gasteiger partial charge in [-0.25, -0.2) is 0 Å². The first-order chi connectivity index (χ1) is 35.0. The number of esters is 1. The number of ether oxygens (including phenoxy) is 1. The summed E-state index contributed by atoms with van der Waals surface area (Å²) < 4.78 is 5.48. The molecule has 0 radical (unpaired) electrons. The van der Waals surface area contributed by atoms with E-state index in [-0.39, 0.29) is 18.5 Å². The van der Waals surface area contributed by atoms with Crippen molar-refractivity contribution in [2.24, 2.45) is 0 Å². The Hall–Kier alpha value is -1.92. The van der Waals surface area contributed by atoms with Crippen LogP contribution in [0.4, 0.5) is 0 Å². The van der Waals surface area contributed by atoms with Gasteiger partial charge in [-0.3, -0.25) is 9.59 Å². The van der Waals surface area contributed by atoms with Gasteiger partial charge in [-0.05, 0) is 51.4 Å². The zero-order valence-electron chi connectivity index (χ0n) is 47.7. The van der Waals surface area contributed by atoms with Crippen molar-refractivity contribution in [1.82, 2.24) is 5.32 Å². The van der Waals surface area contributed by atoms with Crippen LogP contribution in [0.3, 0.4) is 0 Å². The average Bonchev–Trinajstić information content (AvgIpc) is 3.37. The van der Waals surface area contributed by atoms with Crippen LogP contribution in [0.1, 0.15) is 341 Å². The smallest absolute Gasteiger partial charge is 0.305 e. The molecule has 0 aromatic rings. The summed E-state index contributed by atoms with van der Waals surface area (Å²) in [4.78, 5) is 24.6. The minimum atomic E-state index is -0.880. The Morgan fingerprint density at radius 2 is 0.718 bits per heavy atom. The van der Waals surface area contributed by atoms with Crippen molar-refractivity contribution in [1.29, 1.82) is 0 Å². The highest BCUT2D eigenvalue weighted by molar-refractivity contribution is 5.76. The van der Waals surface area contributed by atoms with Crippen molar-refractivity contribution in [3.8, 4) is 0 Å². The summed E-state index contributed by atoms with van der Waals surface area (Å²) in [6, 6.07) is -0.673. The standard InChI is InChI=1S/C65H123NO5/c1-3-5-7-9-11-13-15-17-19-21-23-24-25-27-28-30-33-37-41-45-49-53-57-63(68)62(61-67)66-64(69)58-54-50-46-42-38-34-32-36-40-44-48-52-56-60-71-65(70)59-55-51-47-43-39-35-31-29-26-22-20-18-16-14-12-10-8-6-4-2/h34,38,46,50,53,57,62-63,67-68H,3-33,35-37,39-45,47-49,51-52,54-56,58-61H2,1-2H3,(H,66,69)/b38-34-,50-46-,57-53+. The topological polar surface area (TPSA) is 95.9 Å². The van der Waals surface area contributed by atoms with Gasteiger partial charge in [0.15, 0.2) is 0 Å². The van der Waals surface area contributed by atoms with E-state index in [2.05, 4.69) is 37.4 Å². The molecule has 0 spiro atoms. The van der Waals surface area contributed by atoms with Gasteiger partial charge < -0.3 is 20.3 Å². The highest BCUT2D eigenvalue weighted by atomic mass is 16.5. The number of unbranched alkanes of at least 4 members (excludes halogenated alkanes) is 44. The highest BCUT2D eigenvalue weighted by Gasteiger charge is 2.17. The Bertz CT molecular complexity index is 1150. The molecule has 418 valence electrons. The van der Waals surface area contributed by atoms with Crippen LogP contribution in [0.15, 0.2) is 36.5 Å². The van der Waals surface area contributed by atoms with Gasteiger partial charge in [0.25, 0.3) is 0 Å². The first-order valence-electron chi connectivity index (χ1n) is 31.8. The molecule has 0 fully saturated rings. The molecule has 0 bridgehead atoms. The summed E-state index contributed by atoms with van der Waals surface area (Å²) in [5.74, 6) is -0.159. The summed E-state index contributed by atoms with van der Waals surface area (Å²) in [7, 11) is 0. The van der Waals surface area contributed by atoms with Crippen LogP contribution in [-0.2, 0) is 14.3 Å². The van der Waals surface area contributed by atoms with E-state index in [0.717, 1.165) is 51.4 Å². The molecule has 0 aromatic heterocycles. The fourth-order valence-electron chi connectivity index (χ4n) is 9.80. The predicted molar refractivity (Wildman–Crippen MR) is 310 cm³/mol. The zero-order chi connectivity index (χ0) is 51.4. The monoisotopic (exact) mass is 998 g/mol. The third-order valence-electron chi connectivity index (χ3n) is 14.7. The maximum Gasteiger partial charge on any atom is 0.305 e. The summed E-state index contributed by atoms with van der Waals surface area (Å²) in [5, 5.41) is 23.1. The van der Waals surface area contributed by atoms with Crippen molar-refractivity contribution in [3.63, 3.8) is 0 Å². The minimum absolute atomic E-state index is 0.0132. The molecular weight excluding hydrogens is 875 g/mol. The van der Waals surface area contributed by atoms with Crippen molar-refractivity contribution >= 4 is 11.9 Å². The van der Waals surface area contributed by atoms with Gasteiger partial charge in [-0.2, -0.15) is 0 Å². The van der Waals surface area contributed by atoms with Crippen LogP contribution >= 0.6 is 0 Å². The summed E-state index contributed by atoms with van der Waals surface area (Å²) in [5.41, 5.74) is 0. The van der Waals surface area contributed by atoms with Gasteiger partial charge in [0.2, 0.25) is 5.91 Å². The van der Waals surface area contributed by atoms with Gasteiger partial charge in [-0.1, -0.05) is 314 Å². The second kappa shape index (κ2) is 60.6. The molecule has 0 saturated heterocycles. The van der Waals surface area contributed by atoms with Crippen LogP contribution in [0, 0.1) is 0 Å². The molecule has 0 rings (SSSR count). The first kappa shape index (κ1) is 69.1. The molecule has 0 aliphatic carbocycles. The number of rotatable bonds is 59. The Labute approximate surface area is 443 Å². The number of aliphatic hydroxyl groups is 2. The van der Waals surface area contributed by atoms with Crippen LogP contribution in [0.25, 0.3) is 0 Å². The zero-order valence-corrected chi connectivity index (χ0v) is 47.7. The van der Waals surface area contributed by atoms with Gasteiger partial charge in [0, 0.05) is 12.8 Å². The third-order valence-corrected chi connectivity index (χ3v) is 14.7. The normalized spacial score (nSPS) is 12.8. The Balaban J connectivity index is 3.53. The van der Waals surface area contributed by atoms with Crippen molar-refractivity contribution in [2.45, 2.75) is 353 Å². The lowest BCUT2D eigenvalue weighted by Crippen LogP contribution is -2.45. The van der Waals surface area contributed by atoms with Crippen LogP contribution < -0.4 is 5.32 Å². The van der Waals surface area contributed by atoms with Crippen LogP contribution in [-0.4, -0.2) is 47.4 Å². The molecule has 0 aliphatic rings. The largest absolute Gasteiger partial charge is 0.466 e. The van der Waals surface area contributed by atoms with E-state index in [9.17, 15) is 19.8 Å². The van der Waals surface area contributed by atoms with E-state index in [4.69, 9.17) is 4.74 Å². The molecule has 6 heteroatoms. The van der Waals surface area contributed by atoms with Gasteiger partial charge in [-0.15, -0.1) is 0 Å². The number of allylic oxidation sites excluding steroid dienone is 5. The van der Waals surface area contributed by atoms with Gasteiger partial charge in [0.1, 0.15) is 0 Å². The number of carbonyl (C=O) groups excluding carboxylic acids is 2. The van der Waals surface area contributed by atoms with E-state index in [1.165, 1.54) is 257 Å². The predicted octanol–water partition coefficient (Wildman–Crippen LogP) is 20.0. The van der Waals surface area contributed by atoms with Crippen LogP contribution in [0.5, 0.6) is 0 Å². The maximum absolute atomic E-state index is 12.5. The maximum atomic E-state index is 12.5. The van der Waals surface area contributed by atoms with Crippen LogP contribution in [0.2, 0.25) is 0 Å². The fourth-order valence-corrected chi connectivity index (χ4v) is 9.80. The van der Waals surface area contributed by atoms with Crippen molar-refractivity contribution < 1.29 is 24.5 Å². The molecule has 3 N–H and O–H groups in total. The van der Waals surface area contributed by atoms with E-state index in [0.29, 0.717) is 25.9 Å². The molecular formula is C65H123NO5. The second-order valence-electron chi connectivity index (χ2n) is 21.7. The van der Waals surface area contributed by atoms with Crippen molar-refractivity contribution in [2.75, 3.05) is 13.2 Å². The Morgan fingerprint density at radius 3 is 1.10 bits per heavy atom.